The van der Waals surface area contributed by atoms with Crippen LogP contribution in [0.25, 0.3) is 5.65 Å². The zero-order valence-corrected chi connectivity index (χ0v) is 17.2. The molecule has 7 heteroatoms. The summed E-state index contributed by atoms with van der Waals surface area (Å²) in [4.78, 5) is 31.8. The maximum atomic E-state index is 12.6. The van der Waals surface area contributed by atoms with Crippen molar-refractivity contribution < 1.29 is 9.59 Å². The number of carbonyl (C=O) groups is 2. The van der Waals surface area contributed by atoms with E-state index in [-0.39, 0.29) is 24.3 Å². The van der Waals surface area contributed by atoms with E-state index in [2.05, 4.69) is 20.5 Å². The molecule has 1 aliphatic carbocycles. The molecule has 1 saturated heterocycles. The summed E-state index contributed by atoms with van der Waals surface area (Å²) in [6.45, 7) is 4.83. The van der Waals surface area contributed by atoms with Gasteiger partial charge in [-0.2, -0.15) is 0 Å². The van der Waals surface area contributed by atoms with Gasteiger partial charge in [-0.05, 0) is 37.3 Å². The second-order valence-electron chi connectivity index (χ2n) is 8.49. The minimum absolute atomic E-state index is 0.0228. The quantitative estimate of drug-likeness (QED) is 0.782. The normalized spacial score (nSPS) is 21.3. The Hall–Kier alpha value is -2.41. The second-order valence-corrected chi connectivity index (χ2v) is 8.49. The average Bonchev–Trinajstić information content (AvgIpc) is 3.12. The Balaban J connectivity index is 1.33. The Kier molecular flexibility index (Phi) is 6.13. The third-order valence-corrected chi connectivity index (χ3v) is 6.15. The van der Waals surface area contributed by atoms with Gasteiger partial charge in [0.15, 0.2) is 0 Å². The largest absolute Gasteiger partial charge is 0.353 e. The van der Waals surface area contributed by atoms with Crippen LogP contribution in [0.15, 0.2) is 24.5 Å². The predicted molar refractivity (Wildman–Crippen MR) is 111 cm³/mol. The number of imidazole rings is 1. The van der Waals surface area contributed by atoms with Crippen LogP contribution in [0.5, 0.6) is 0 Å². The van der Waals surface area contributed by atoms with Crippen molar-refractivity contribution in [2.45, 2.75) is 58.0 Å². The highest BCUT2D eigenvalue weighted by atomic mass is 16.2. The molecule has 1 saturated carbocycles. The highest BCUT2D eigenvalue weighted by molar-refractivity contribution is 5.88. The number of piperazine rings is 1. The van der Waals surface area contributed by atoms with Crippen LogP contribution in [0.1, 0.15) is 49.8 Å². The van der Waals surface area contributed by atoms with E-state index >= 15 is 0 Å². The fourth-order valence-electron chi connectivity index (χ4n) is 4.58. The van der Waals surface area contributed by atoms with Crippen LogP contribution in [0, 0.1) is 12.8 Å². The van der Waals surface area contributed by atoms with E-state index in [0.717, 1.165) is 30.0 Å². The number of pyridine rings is 1. The SMILES string of the molecule is Cc1ccc2nc(CNC(=O)C[C@H]3C(=O)NCCN3CC3CCCCC3)cn2c1. The zero-order chi connectivity index (χ0) is 20.2. The fourth-order valence-corrected chi connectivity index (χ4v) is 4.58. The monoisotopic (exact) mass is 397 g/mol. The first-order chi connectivity index (χ1) is 14.1. The van der Waals surface area contributed by atoms with E-state index in [4.69, 9.17) is 0 Å². The lowest BCUT2D eigenvalue weighted by Crippen LogP contribution is -2.57. The molecule has 0 spiro atoms. The highest BCUT2D eigenvalue weighted by Gasteiger charge is 2.33. The van der Waals surface area contributed by atoms with Gasteiger partial charge in [0.1, 0.15) is 5.65 Å². The smallest absolute Gasteiger partial charge is 0.237 e. The van der Waals surface area contributed by atoms with Crippen molar-refractivity contribution in [3.05, 3.63) is 35.8 Å². The number of aryl methyl sites for hydroxylation is 1. The molecule has 3 heterocycles. The standard InChI is InChI=1S/C22H31N5O2/c1-16-7-8-20-25-18(15-27(20)13-16)12-24-21(28)11-19-22(29)23-9-10-26(19)14-17-5-3-2-4-6-17/h7-8,13,15,17,19H,2-6,9-12,14H2,1H3,(H,23,29)(H,24,28)/t19-/m0/s1. The van der Waals surface area contributed by atoms with Gasteiger partial charge in [-0.15, -0.1) is 0 Å². The molecule has 156 valence electrons. The van der Waals surface area contributed by atoms with Crippen molar-refractivity contribution in [2.75, 3.05) is 19.6 Å². The van der Waals surface area contributed by atoms with Crippen molar-refractivity contribution >= 4 is 17.5 Å². The predicted octanol–water partition coefficient (Wildman–Crippen LogP) is 2.03. The van der Waals surface area contributed by atoms with Gasteiger partial charge in [0.2, 0.25) is 11.8 Å². The molecule has 1 aliphatic heterocycles. The zero-order valence-electron chi connectivity index (χ0n) is 17.2. The van der Waals surface area contributed by atoms with E-state index in [1.165, 1.54) is 32.1 Å². The average molecular weight is 398 g/mol. The number of nitrogens with zero attached hydrogens (tertiary/aromatic N) is 3. The molecule has 2 aromatic heterocycles. The highest BCUT2D eigenvalue weighted by Crippen LogP contribution is 2.25. The van der Waals surface area contributed by atoms with Crippen LogP contribution in [0.4, 0.5) is 0 Å². The molecular formula is C22H31N5O2. The molecule has 0 aromatic carbocycles. The van der Waals surface area contributed by atoms with E-state index in [9.17, 15) is 9.59 Å². The summed E-state index contributed by atoms with van der Waals surface area (Å²) in [5.74, 6) is 0.529. The van der Waals surface area contributed by atoms with Crippen LogP contribution in [-0.4, -0.2) is 51.8 Å². The molecule has 1 atom stereocenters. The molecule has 4 rings (SSSR count). The summed E-state index contributed by atoms with van der Waals surface area (Å²) in [7, 11) is 0. The summed E-state index contributed by atoms with van der Waals surface area (Å²) in [6.07, 6.45) is 10.5. The Morgan fingerprint density at radius 1 is 1.24 bits per heavy atom. The molecule has 0 bridgehead atoms. The lowest BCUT2D eigenvalue weighted by Gasteiger charge is -2.37. The molecule has 2 amide bonds. The third-order valence-electron chi connectivity index (χ3n) is 6.15. The van der Waals surface area contributed by atoms with Crippen LogP contribution >= 0.6 is 0 Å². The van der Waals surface area contributed by atoms with Gasteiger partial charge < -0.3 is 15.0 Å². The van der Waals surface area contributed by atoms with Crippen molar-refractivity contribution in [1.82, 2.24) is 24.9 Å². The van der Waals surface area contributed by atoms with Crippen LogP contribution in [0.2, 0.25) is 0 Å². The molecule has 2 N–H and O–H groups in total. The first-order valence-corrected chi connectivity index (χ1v) is 10.8. The van der Waals surface area contributed by atoms with Gasteiger partial charge in [0.25, 0.3) is 0 Å². The Bertz CT molecular complexity index is 871. The molecule has 29 heavy (non-hydrogen) atoms. The Morgan fingerprint density at radius 3 is 2.90 bits per heavy atom. The first-order valence-electron chi connectivity index (χ1n) is 10.8. The van der Waals surface area contributed by atoms with E-state index in [0.29, 0.717) is 19.0 Å². The summed E-state index contributed by atoms with van der Waals surface area (Å²) in [5, 5.41) is 5.87. The maximum absolute atomic E-state index is 12.6. The molecule has 0 unspecified atom stereocenters. The van der Waals surface area contributed by atoms with Crippen molar-refractivity contribution in [1.29, 1.82) is 0 Å². The van der Waals surface area contributed by atoms with Gasteiger partial charge in [0, 0.05) is 32.0 Å². The van der Waals surface area contributed by atoms with E-state index < -0.39 is 0 Å². The van der Waals surface area contributed by atoms with Gasteiger partial charge in [0.05, 0.1) is 24.7 Å². The minimum atomic E-state index is -0.366. The molecule has 2 aromatic rings. The second kappa shape index (κ2) is 8.95. The van der Waals surface area contributed by atoms with Crippen LogP contribution in [-0.2, 0) is 16.1 Å². The van der Waals surface area contributed by atoms with Crippen molar-refractivity contribution in [3.63, 3.8) is 0 Å². The number of aromatic nitrogens is 2. The van der Waals surface area contributed by atoms with Gasteiger partial charge in [-0.3, -0.25) is 14.5 Å². The summed E-state index contributed by atoms with van der Waals surface area (Å²) in [5.41, 5.74) is 2.84. The number of hydrogen-bond acceptors (Lipinski definition) is 4. The number of carbonyl (C=O) groups excluding carboxylic acids is 2. The van der Waals surface area contributed by atoms with E-state index in [1.807, 2.05) is 35.9 Å². The lowest BCUT2D eigenvalue weighted by atomic mass is 9.88. The van der Waals surface area contributed by atoms with Gasteiger partial charge >= 0.3 is 0 Å². The lowest BCUT2D eigenvalue weighted by molar-refractivity contribution is -0.134. The topological polar surface area (TPSA) is 78.7 Å². The number of hydrogen-bond donors (Lipinski definition) is 2. The van der Waals surface area contributed by atoms with Gasteiger partial charge in [-0.1, -0.05) is 25.3 Å². The summed E-state index contributed by atoms with van der Waals surface area (Å²) < 4.78 is 1.97. The third kappa shape index (κ3) is 4.96. The molecule has 2 aliphatic rings. The van der Waals surface area contributed by atoms with Crippen molar-refractivity contribution in [2.24, 2.45) is 5.92 Å². The Labute approximate surface area is 171 Å². The molecule has 0 radical (unpaired) electrons. The number of rotatable bonds is 6. The summed E-state index contributed by atoms with van der Waals surface area (Å²) >= 11 is 0. The van der Waals surface area contributed by atoms with Crippen LogP contribution < -0.4 is 10.6 Å². The fraction of sp³-hybridized carbons (Fsp3) is 0.591. The molecule has 2 fully saturated rings. The number of nitrogens with one attached hydrogen (secondary N) is 2. The van der Waals surface area contributed by atoms with Crippen LogP contribution in [0.3, 0.4) is 0 Å². The van der Waals surface area contributed by atoms with Crippen molar-refractivity contribution in [3.8, 4) is 0 Å². The Morgan fingerprint density at radius 2 is 2.07 bits per heavy atom. The molecular weight excluding hydrogens is 366 g/mol. The molecule has 7 nitrogen and oxygen atoms in total. The number of amides is 2. The number of fused-ring (bicyclic) bond motifs is 1. The van der Waals surface area contributed by atoms with Gasteiger partial charge in [-0.25, -0.2) is 4.98 Å². The van der Waals surface area contributed by atoms with E-state index in [1.54, 1.807) is 0 Å². The minimum Gasteiger partial charge on any atom is -0.353 e. The maximum Gasteiger partial charge on any atom is 0.237 e. The first kappa shape index (κ1) is 19.9. The summed E-state index contributed by atoms with van der Waals surface area (Å²) in [6, 6.07) is 3.62.